The predicted octanol–water partition coefficient (Wildman–Crippen LogP) is 1.86. The van der Waals surface area contributed by atoms with Crippen molar-refractivity contribution in [3.63, 3.8) is 0 Å². The van der Waals surface area contributed by atoms with Gasteiger partial charge in [0.05, 0.1) is 0 Å². The van der Waals surface area contributed by atoms with E-state index in [9.17, 15) is 0 Å². The molecule has 0 aromatic heterocycles. The molecule has 0 bridgehead atoms. The van der Waals surface area contributed by atoms with Crippen LogP contribution in [-0.4, -0.2) is 25.3 Å². The SMILES string of the molecule is CCC(=NC)C1CCC(C)NC1. The summed E-state index contributed by atoms with van der Waals surface area (Å²) in [7, 11) is 1.91. The van der Waals surface area contributed by atoms with Crippen molar-refractivity contribution in [3.8, 4) is 0 Å². The minimum absolute atomic E-state index is 0.705. The van der Waals surface area contributed by atoms with Crippen LogP contribution in [0.4, 0.5) is 0 Å². The van der Waals surface area contributed by atoms with Crippen molar-refractivity contribution < 1.29 is 0 Å². The van der Waals surface area contributed by atoms with Gasteiger partial charge in [-0.3, -0.25) is 4.99 Å². The zero-order chi connectivity index (χ0) is 8.97. The van der Waals surface area contributed by atoms with E-state index in [1.165, 1.54) is 18.6 Å². The van der Waals surface area contributed by atoms with E-state index in [4.69, 9.17) is 0 Å². The van der Waals surface area contributed by atoms with Gasteiger partial charge in [-0.15, -0.1) is 0 Å². The minimum Gasteiger partial charge on any atom is -0.314 e. The van der Waals surface area contributed by atoms with Crippen LogP contribution in [-0.2, 0) is 0 Å². The van der Waals surface area contributed by atoms with Gasteiger partial charge in [0.15, 0.2) is 0 Å². The summed E-state index contributed by atoms with van der Waals surface area (Å²) in [6.07, 6.45) is 3.72. The maximum absolute atomic E-state index is 4.33. The summed E-state index contributed by atoms with van der Waals surface area (Å²) in [5.74, 6) is 0.705. The number of hydrogen-bond acceptors (Lipinski definition) is 2. The van der Waals surface area contributed by atoms with Crippen LogP contribution in [0.1, 0.15) is 33.1 Å². The first-order chi connectivity index (χ1) is 5.77. The molecule has 1 aliphatic rings. The largest absolute Gasteiger partial charge is 0.314 e. The molecule has 0 aliphatic carbocycles. The molecule has 1 rings (SSSR count). The molecule has 1 aliphatic heterocycles. The third-order valence-electron chi connectivity index (χ3n) is 2.78. The average Bonchev–Trinajstić information content (AvgIpc) is 2.10. The first-order valence-corrected chi connectivity index (χ1v) is 4.96. The van der Waals surface area contributed by atoms with Crippen LogP contribution in [0, 0.1) is 5.92 Å². The van der Waals surface area contributed by atoms with E-state index in [1.54, 1.807) is 0 Å². The number of nitrogens with zero attached hydrogens (tertiary/aromatic N) is 1. The van der Waals surface area contributed by atoms with Crippen molar-refractivity contribution in [1.82, 2.24) is 5.32 Å². The zero-order valence-electron chi connectivity index (χ0n) is 8.43. The molecule has 0 radical (unpaired) electrons. The Bertz CT molecular complexity index is 155. The molecule has 70 valence electrons. The predicted molar refractivity (Wildman–Crippen MR) is 53.8 cm³/mol. The molecule has 1 saturated heterocycles. The Hall–Kier alpha value is -0.370. The Kier molecular flexibility index (Phi) is 3.73. The highest BCUT2D eigenvalue weighted by atomic mass is 14.9. The number of piperidine rings is 1. The van der Waals surface area contributed by atoms with Gasteiger partial charge in [-0.05, 0) is 26.2 Å². The number of aliphatic imine (C=N–C) groups is 1. The third-order valence-corrected chi connectivity index (χ3v) is 2.78. The average molecular weight is 168 g/mol. The molecule has 0 amide bonds. The Labute approximate surface area is 75.5 Å². The second-order valence-corrected chi connectivity index (χ2v) is 3.65. The highest BCUT2D eigenvalue weighted by Gasteiger charge is 2.20. The summed E-state index contributed by atoms with van der Waals surface area (Å²) in [5, 5.41) is 3.50. The molecular weight excluding hydrogens is 148 g/mol. The van der Waals surface area contributed by atoms with Crippen molar-refractivity contribution in [2.45, 2.75) is 39.2 Å². The maximum Gasteiger partial charge on any atom is 0.0276 e. The Morgan fingerprint density at radius 1 is 1.50 bits per heavy atom. The highest BCUT2D eigenvalue weighted by molar-refractivity contribution is 5.86. The van der Waals surface area contributed by atoms with Crippen LogP contribution in [0.3, 0.4) is 0 Å². The van der Waals surface area contributed by atoms with Gasteiger partial charge in [0.25, 0.3) is 0 Å². The fourth-order valence-corrected chi connectivity index (χ4v) is 1.91. The van der Waals surface area contributed by atoms with Gasteiger partial charge in [-0.2, -0.15) is 0 Å². The summed E-state index contributed by atoms with van der Waals surface area (Å²) in [4.78, 5) is 4.33. The second kappa shape index (κ2) is 4.61. The van der Waals surface area contributed by atoms with Gasteiger partial charge in [-0.1, -0.05) is 6.92 Å². The molecule has 2 heteroatoms. The van der Waals surface area contributed by atoms with E-state index >= 15 is 0 Å². The van der Waals surface area contributed by atoms with Gasteiger partial charge >= 0.3 is 0 Å². The number of rotatable bonds is 2. The van der Waals surface area contributed by atoms with Crippen molar-refractivity contribution in [3.05, 3.63) is 0 Å². The highest BCUT2D eigenvalue weighted by Crippen LogP contribution is 2.16. The topological polar surface area (TPSA) is 24.4 Å². The summed E-state index contributed by atoms with van der Waals surface area (Å²) in [5.41, 5.74) is 1.38. The number of nitrogens with one attached hydrogen (secondary N) is 1. The molecule has 1 N–H and O–H groups in total. The molecule has 0 saturated carbocycles. The van der Waals surface area contributed by atoms with Crippen molar-refractivity contribution in [1.29, 1.82) is 0 Å². The van der Waals surface area contributed by atoms with Crippen LogP contribution < -0.4 is 5.32 Å². The van der Waals surface area contributed by atoms with Crippen molar-refractivity contribution >= 4 is 5.71 Å². The standard InChI is InChI=1S/C10H20N2/c1-4-10(11-3)9-6-5-8(2)12-7-9/h8-9,12H,4-7H2,1-3H3. The second-order valence-electron chi connectivity index (χ2n) is 3.65. The molecule has 12 heavy (non-hydrogen) atoms. The lowest BCUT2D eigenvalue weighted by Gasteiger charge is -2.28. The lowest BCUT2D eigenvalue weighted by Crippen LogP contribution is -2.39. The third kappa shape index (κ3) is 2.31. The smallest absolute Gasteiger partial charge is 0.0276 e. The van der Waals surface area contributed by atoms with Crippen LogP contribution in [0.5, 0.6) is 0 Å². The van der Waals surface area contributed by atoms with E-state index in [-0.39, 0.29) is 0 Å². The van der Waals surface area contributed by atoms with Gasteiger partial charge in [0, 0.05) is 31.3 Å². The molecule has 0 aromatic carbocycles. The van der Waals surface area contributed by atoms with Gasteiger partial charge < -0.3 is 5.32 Å². The van der Waals surface area contributed by atoms with Gasteiger partial charge in [0.2, 0.25) is 0 Å². The van der Waals surface area contributed by atoms with Gasteiger partial charge in [-0.25, -0.2) is 0 Å². The van der Waals surface area contributed by atoms with Gasteiger partial charge in [0.1, 0.15) is 0 Å². The van der Waals surface area contributed by atoms with Crippen LogP contribution >= 0.6 is 0 Å². The molecule has 2 atom stereocenters. The minimum atomic E-state index is 0.705. The fraction of sp³-hybridized carbons (Fsp3) is 0.900. The van der Waals surface area contributed by atoms with E-state index in [2.05, 4.69) is 24.2 Å². The molecule has 1 heterocycles. The Morgan fingerprint density at radius 3 is 2.67 bits per heavy atom. The zero-order valence-corrected chi connectivity index (χ0v) is 8.43. The first-order valence-electron chi connectivity index (χ1n) is 4.96. The van der Waals surface area contributed by atoms with E-state index in [0.29, 0.717) is 12.0 Å². The Balaban J connectivity index is 2.43. The normalized spacial score (nSPS) is 32.1. The lowest BCUT2D eigenvalue weighted by atomic mass is 9.90. The lowest BCUT2D eigenvalue weighted by molar-refractivity contribution is 0.379. The monoisotopic (exact) mass is 168 g/mol. The fourth-order valence-electron chi connectivity index (χ4n) is 1.91. The molecule has 2 nitrogen and oxygen atoms in total. The van der Waals surface area contributed by atoms with Crippen molar-refractivity contribution in [2.24, 2.45) is 10.9 Å². The van der Waals surface area contributed by atoms with Crippen LogP contribution in [0.2, 0.25) is 0 Å². The molecule has 0 aromatic rings. The molecule has 1 fully saturated rings. The summed E-state index contributed by atoms with van der Waals surface area (Å²) < 4.78 is 0. The van der Waals surface area contributed by atoms with Crippen LogP contribution in [0.15, 0.2) is 4.99 Å². The first kappa shape index (κ1) is 9.72. The molecule has 2 unspecified atom stereocenters. The summed E-state index contributed by atoms with van der Waals surface area (Å²) in [6, 6.07) is 0.705. The summed E-state index contributed by atoms with van der Waals surface area (Å²) >= 11 is 0. The Morgan fingerprint density at radius 2 is 2.25 bits per heavy atom. The summed E-state index contributed by atoms with van der Waals surface area (Å²) in [6.45, 7) is 5.58. The number of hydrogen-bond donors (Lipinski definition) is 1. The van der Waals surface area contributed by atoms with Crippen LogP contribution in [0.25, 0.3) is 0 Å². The van der Waals surface area contributed by atoms with E-state index in [0.717, 1.165) is 13.0 Å². The van der Waals surface area contributed by atoms with E-state index < -0.39 is 0 Å². The quantitative estimate of drug-likeness (QED) is 0.625. The van der Waals surface area contributed by atoms with E-state index in [1.807, 2.05) is 7.05 Å². The maximum atomic E-state index is 4.33. The van der Waals surface area contributed by atoms with Crippen molar-refractivity contribution in [2.75, 3.05) is 13.6 Å². The molecule has 0 spiro atoms. The molecular formula is C10H20N2.